The van der Waals surface area contributed by atoms with Crippen LogP contribution in [-0.4, -0.2) is 18.5 Å². The highest BCUT2D eigenvalue weighted by atomic mass is 35.5. The molecule has 1 amide bonds. The smallest absolute Gasteiger partial charge is 0.220 e. The Morgan fingerprint density at radius 2 is 2.00 bits per heavy atom. The van der Waals surface area contributed by atoms with Gasteiger partial charge in [-0.1, -0.05) is 42.5 Å². The molecule has 22 heavy (non-hydrogen) atoms. The van der Waals surface area contributed by atoms with Crippen LogP contribution in [0.25, 0.3) is 10.8 Å². The number of fused-ring (bicyclic) bond motifs is 1. The third-order valence-corrected chi connectivity index (χ3v) is 4.24. The summed E-state index contributed by atoms with van der Waals surface area (Å²) in [7, 11) is 0. The van der Waals surface area contributed by atoms with E-state index in [4.69, 9.17) is 0 Å². The Morgan fingerprint density at radius 3 is 2.82 bits per heavy atom. The molecule has 0 bridgehead atoms. The molecule has 1 atom stereocenters. The second-order valence-electron chi connectivity index (χ2n) is 5.75. The fraction of sp³-hybridized carbons (Fsp3) is 0.389. The molecule has 0 aliphatic carbocycles. The molecule has 2 aromatic rings. The van der Waals surface area contributed by atoms with Crippen LogP contribution in [0.3, 0.4) is 0 Å². The zero-order chi connectivity index (χ0) is 14.5. The van der Waals surface area contributed by atoms with E-state index in [9.17, 15) is 4.79 Å². The minimum atomic E-state index is 0. The van der Waals surface area contributed by atoms with Gasteiger partial charge in [0.15, 0.2) is 0 Å². The molecule has 1 aliphatic rings. The average molecular weight is 319 g/mol. The van der Waals surface area contributed by atoms with Crippen LogP contribution in [0.2, 0.25) is 0 Å². The van der Waals surface area contributed by atoms with E-state index in [2.05, 4.69) is 34.9 Å². The highest BCUT2D eigenvalue weighted by molar-refractivity contribution is 5.86. The molecule has 0 saturated carbocycles. The molecule has 0 aromatic heterocycles. The van der Waals surface area contributed by atoms with E-state index in [-0.39, 0.29) is 18.3 Å². The van der Waals surface area contributed by atoms with Crippen molar-refractivity contribution in [3.05, 3.63) is 48.0 Å². The Kier molecular flexibility index (Phi) is 6.22. The van der Waals surface area contributed by atoms with Gasteiger partial charge in [-0.2, -0.15) is 0 Å². The van der Waals surface area contributed by atoms with Crippen molar-refractivity contribution in [2.45, 2.75) is 38.3 Å². The van der Waals surface area contributed by atoms with E-state index >= 15 is 0 Å². The third-order valence-electron chi connectivity index (χ3n) is 4.24. The summed E-state index contributed by atoms with van der Waals surface area (Å²) in [6.07, 6.45) is 4.00. The molecule has 3 rings (SSSR count). The van der Waals surface area contributed by atoms with Crippen molar-refractivity contribution >= 4 is 29.1 Å². The van der Waals surface area contributed by atoms with Gasteiger partial charge in [-0.15, -0.1) is 12.4 Å². The average Bonchev–Trinajstić information content (AvgIpc) is 3.04. The van der Waals surface area contributed by atoms with Gasteiger partial charge in [0.05, 0.1) is 0 Å². The van der Waals surface area contributed by atoms with Gasteiger partial charge in [-0.05, 0) is 42.1 Å². The number of carbonyl (C=O) groups is 1. The number of halogens is 1. The molecule has 3 nitrogen and oxygen atoms in total. The first kappa shape index (κ1) is 16.8. The van der Waals surface area contributed by atoms with Gasteiger partial charge in [-0.3, -0.25) is 4.79 Å². The van der Waals surface area contributed by atoms with Crippen LogP contribution >= 0.6 is 12.4 Å². The Morgan fingerprint density at radius 1 is 1.18 bits per heavy atom. The monoisotopic (exact) mass is 318 g/mol. The van der Waals surface area contributed by atoms with Gasteiger partial charge in [0, 0.05) is 19.0 Å². The first-order valence-corrected chi connectivity index (χ1v) is 7.79. The summed E-state index contributed by atoms with van der Waals surface area (Å²) in [6, 6.07) is 15.1. The van der Waals surface area contributed by atoms with Crippen molar-refractivity contribution < 1.29 is 4.79 Å². The Bertz CT molecular complexity index is 618. The summed E-state index contributed by atoms with van der Waals surface area (Å²) in [6.45, 7) is 1.71. The number of amides is 1. The van der Waals surface area contributed by atoms with Gasteiger partial charge in [-0.25, -0.2) is 0 Å². The van der Waals surface area contributed by atoms with Gasteiger partial charge < -0.3 is 10.6 Å². The predicted molar refractivity (Wildman–Crippen MR) is 93.3 cm³/mol. The maximum absolute atomic E-state index is 12.0. The van der Waals surface area contributed by atoms with E-state index in [0.29, 0.717) is 19.0 Å². The maximum Gasteiger partial charge on any atom is 0.220 e. The first-order valence-electron chi connectivity index (χ1n) is 7.79. The fourth-order valence-electron chi connectivity index (χ4n) is 3.04. The molecule has 118 valence electrons. The lowest BCUT2D eigenvalue weighted by Crippen LogP contribution is -2.27. The molecular formula is C18H23ClN2O. The summed E-state index contributed by atoms with van der Waals surface area (Å²) in [5.74, 6) is 0.150. The predicted octanol–water partition coefficient (Wildman–Crippen LogP) is 3.41. The van der Waals surface area contributed by atoms with Crippen LogP contribution in [0.15, 0.2) is 42.5 Å². The highest BCUT2D eigenvalue weighted by Crippen LogP contribution is 2.18. The molecule has 4 heteroatoms. The van der Waals surface area contributed by atoms with Crippen LogP contribution < -0.4 is 10.6 Å². The van der Waals surface area contributed by atoms with Crippen molar-refractivity contribution in [2.75, 3.05) is 6.54 Å². The molecule has 1 heterocycles. The second-order valence-corrected chi connectivity index (χ2v) is 5.75. The summed E-state index contributed by atoms with van der Waals surface area (Å²) >= 11 is 0. The lowest BCUT2D eigenvalue weighted by molar-refractivity contribution is -0.121. The van der Waals surface area contributed by atoms with E-state index < -0.39 is 0 Å². The molecule has 0 spiro atoms. The van der Waals surface area contributed by atoms with Gasteiger partial charge in [0.2, 0.25) is 5.91 Å². The van der Waals surface area contributed by atoms with Crippen molar-refractivity contribution in [3.63, 3.8) is 0 Å². The van der Waals surface area contributed by atoms with Crippen LogP contribution in [0.5, 0.6) is 0 Å². The maximum atomic E-state index is 12.0. The number of hydrogen-bond donors (Lipinski definition) is 2. The topological polar surface area (TPSA) is 41.1 Å². The van der Waals surface area contributed by atoms with Crippen molar-refractivity contribution in [1.82, 2.24) is 10.6 Å². The molecule has 1 unspecified atom stereocenters. The number of nitrogens with one attached hydrogen (secondary N) is 2. The van der Waals surface area contributed by atoms with Gasteiger partial charge in [0.1, 0.15) is 0 Å². The van der Waals surface area contributed by atoms with E-state index in [0.717, 1.165) is 13.0 Å². The van der Waals surface area contributed by atoms with Crippen LogP contribution in [0.4, 0.5) is 0 Å². The number of rotatable bonds is 5. The second kappa shape index (κ2) is 8.16. The largest absolute Gasteiger partial charge is 0.352 e. The summed E-state index contributed by atoms with van der Waals surface area (Å²) in [5.41, 5.74) is 1.18. The number of hydrogen-bond acceptors (Lipinski definition) is 2. The molecular weight excluding hydrogens is 296 g/mol. The van der Waals surface area contributed by atoms with Crippen molar-refractivity contribution in [1.29, 1.82) is 0 Å². The summed E-state index contributed by atoms with van der Waals surface area (Å²) in [4.78, 5) is 12.0. The normalized spacial score (nSPS) is 17.2. The number of benzene rings is 2. The molecule has 0 radical (unpaired) electrons. The van der Waals surface area contributed by atoms with E-state index in [1.54, 1.807) is 0 Å². The quantitative estimate of drug-likeness (QED) is 0.887. The minimum Gasteiger partial charge on any atom is -0.352 e. The number of carbonyl (C=O) groups excluding carboxylic acids is 1. The van der Waals surface area contributed by atoms with Crippen LogP contribution in [0.1, 0.15) is 31.2 Å². The SMILES string of the molecule is Cl.O=C(CCC1CCCN1)NCc1cccc2ccccc12. The van der Waals surface area contributed by atoms with Gasteiger partial charge >= 0.3 is 0 Å². The first-order chi connectivity index (χ1) is 10.3. The zero-order valence-corrected chi connectivity index (χ0v) is 13.5. The Balaban J connectivity index is 0.00000176. The zero-order valence-electron chi connectivity index (χ0n) is 12.7. The standard InChI is InChI=1S/C18H22N2O.ClH/c21-18(11-10-16-8-4-12-19-16)20-13-15-7-3-6-14-5-1-2-9-17(14)15;/h1-3,5-7,9,16,19H,4,8,10-13H2,(H,20,21);1H. The minimum absolute atomic E-state index is 0. The van der Waals surface area contributed by atoms with Crippen LogP contribution in [0, 0.1) is 0 Å². The fourth-order valence-corrected chi connectivity index (χ4v) is 3.04. The van der Waals surface area contributed by atoms with E-state index in [1.165, 1.54) is 29.2 Å². The Hall–Kier alpha value is -1.58. The highest BCUT2D eigenvalue weighted by Gasteiger charge is 2.15. The third kappa shape index (κ3) is 4.21. The van der Waals surface area contributed by atoms with Crippen molar-refractivity contribution in [3.8, 4) is 0 Å². The van der Waals surface area contributed by atoms with Gasteiger partial charge in [0.25, 0.3) is 0 Å². The molecule has 1 saturated heterocycles. The Labute approximate surface area is 137 Å². The summed E-state index contributed by atoms with van der Waals surface area (Å²) in [5, 5.41) is 8.92. The molecule has 2 N–H and O–H groups in total. The lowest BCUT2D eigenvalue weighted by Gasteiger charge is -2.11. The van der Waals surface area contributed by atoms with Crippen LogP contribution in [-0.2, 0) is 11.3 Å². The molecule has 1 aliphatic heterocycles. The molecule has 1 fully saturated rings. The lowest BCUT2D eigenvalue weighted by atomic mass is 10.0. The molecule has 2 aromatic carbocycles. The van der Waals surface area contributed by atoms with E-state index in [1.807, 2.05) is 18.2 Å². The summed E-state index contributed by atoms with van der Waals surface area (Å²) < 4.78 is 0. The van der Waals surface area contributed by atoms with Crippen molar-refractivity contribution in [2.24, 2.45) is 0 Å².